The van der Waals surface area contributed by atoms with Crippen molar-refractivity contribution in [3.63, 3.8) is 0 Å². The summed E-state index contributed by atoms with van der Waals surface area (Å²) >= 11 is 0. The third-order valence-electron chi connectivity index (χ3n) is 2.34. The highest BCUT2D eigenvalue weighted by molar-refractivity contribution is 5.93. The van der Waals surface area contributed by atoms with E-state index >= 15 is 0 Å². The van der Waals surface area contributed by atoms with E-state index < -0.39 is 5.60 Å². The molecule has 0 saturated carbocycles. The summed E-state index contributed by atoms with van der Waals surface area (Å²) in [7, 11) is 0. The van der Waals surface area contributed by atoms with Gasteiger partial charge in [-0.25, -0.2) is 4.99 Å². The molecule has 0 radical (unpaired) electrons. The highest BCUT2D eigenvalue weighted by Crippen LogP contribution is 2.35. The maximum absolute atomic E-state index is 5.80. The lowest BCUT2D eigenvalue weighted by Gasteiger charge is -2.30. The van der Waals surface area contributed by atoms with E-state index in [2.05, 4.69) is 4.99 Å². The van der Waals surface area contributed by atoms with E-state index in [1.54, 1.807) is 0 Å². The van der Waals surface area contributed by atoms with Crippen LogP contribution in [0.25, 0.3) is 0 Å². The van der Waals surface area contributed by atoms with E-state index in [9.17, 15) is 0 Å². The first-order valence-electron chi connectivity index (χ1n) is 4.63. The summed E-state index contributed by atoms with van der Waals surface area (Å²) in [6, 6.07) is 5.91. The molecule has 1 heterocycles. The van der Waals surface area contributed by atoms with Crippen molar-refractivity contribution in [3.8, 4) is 5.75 Å². The smallest absolute Gasteiger partial charge is 0.160 e. The molecule has 0 atom stereocenters. The lowest BCUT2D eigenvalue weighted by Crippen LogP contribution is -2.45. The fraction of sp³-hybridized carbons (Fsp3) is 0.364. The molecule has 0 amide bonds. The van der Waals surface area contributed by atoms with Crippen LogP contribution in [0.2, 0.25) is 0 Å². The van der Waals surface area contributed by atoms with Crippen molar-refractivity contribution in [3.05, 3.63) is 23.8 Å². The van der Waals surface area contributed by atoms with Crippen molar-refractivity contribution in [2.24, 2.45) is 10.7 Å². The summed E-state index contributed by atoms with van der Waals surface area (Å²) in [5, 5.41) is 0. The molecule has 0 unspecified atom stereocenters. The van der Waals surface area contributed by atoms with Crippen LogP contribution in [0.5, 0.6) is 5.75 Å². The van der Waals surface area contributed by atoms with Crippen molar-refractivity contribution >= 4 is 11.5 Å². The topological polar surface area (TPSA) is 47.6 Å². The second-order valence-electron chi connectivity index (χ2n) is 4.08. The average molecular weight is 190 g/mol. The van der Waals surface area contributed by atoms with Gasteiger partial charge in [0.2, 0.25) is 0 Å². The van der Waals surface area contributed by atoms with Crippen LogP contribution in [-0.4, -0.2) is 11.4 Å². The first-order valence-corrected chi connectivity index (χ1v) is 4.63. The first kappa shape index (κ1) is 9.06. The number of benzene rings is 1. The van der Waals surface area contributed by atoms with Crippen LogP contribution in [0, 0.1) is 6.92 Å². The van der Waals surface area contributed by atoms with Gasteiger partial charge in [0.05, 0.1) is 0 Å². The van der Waals surface area contributed by atoms with Crippen LogP contribution in [0.3, 0.4) is 0 Å². The van der Waals surface area contributed by atoms with Crippen LogP contribution >= 0.6 is 0 Å². The van der Waals surface area contributed by atoms with E-state index in [1.165, 1.54) is 0 Å². The van der Waals surface area contributed by atoms with Crippen LogP contribution in [-0.2, 0) is 0 Å². The number of ether oxygens (including phenoxy) is 1. The Bertz CT molecular complexity index is 408. The Hall–Kier alpha value is -1.51. The van der Waals surface area contributed by atoms with Gasteiger partial charge in [0.15, 0.2) is 5.60 Å². The summed E-state index contributed by atoms with van der Waals surface area (Å²) < 4.78 is 5.73. The monoisotopic (exact) mass is 190 g/mol. The molecular formula is C11H14N2O. The summed E-state index contributed by atoms with van der Waals surface area (Å²) in [5.74, 6) is 1.32. The number of rotatable bonds is 0. The van der Waals surface area contributed by atoms with Gasteiger partial charge in [-0.15, -0.1) is 0 Å². The van der Waals surface area contributed by atoms with Gasteiger partial charge in [-0.1, -0.05) is 6.07 Å². The van der Waals surface area contributed by atoms with Gasteiger partial charge in [-0.2, -0.15) is 0 Å². The van der Waals surface area contributed by atoms with Gasteiger partial charge < -0.3 is 10.5 Å². The zero-order chi connectivity index (χ0) is 10.3. The van der Waals surface area contributed by atoms with E-state index in [0.29, 0.717) is 5.84 Å². The first-order chi connectivity index (χ1) is 6.49. The minimum Gasteiger partial charge on any atom is -0.478 e. The van der Waals surface area contributed by atoms with Crippen molar-refractivity contribution in [1.82, 2.24) is 0 Å². The van der Waals surface area contributed by atoms with Crippen LogP contribution in [0.4, 0.5) is 5.69 Å². The minimum absolute atomic E-state index is 0.498. The van der Waals surface area contributed by atoms with Crippen LogP contribution in [0.15, 0.2) is 23.2 Å². The lowest BCUT2D eigenvalue weighted by molar-refractivity contribution is 0.177. The zero-order valence-corrected chi connectivity index (χ0v) is 8.66. The standard InChI is InChI=1S/C11H14N2O/c1-7-4-5-9-8(6-7)13-10(12)11(2,3)14-9/h4-6H,1-3H3,(H2,12,13). The number of nitrogens with zero attached hydrogens (tertiary/aromatic N) is 1. The molecule has 3 nitrogen and oxygen atoms in total. The third kappa shape index (κ3) is 1.35. The number of aliphatic imine (C=N–C) groups is 1. The van der Waals surface area contributed by atoms with Gasteiger partial charge in [-0.05, 0) is 38.5 Å². The SMILES string of the molecule is Cc1ccc2c(c1)N=C(N)C(C)(C)O2. The third-order valence-corrected chi connectivity index (χ3v) is 2.34. The van der Waals surface area contributed by atoms with E-state index in [1.807, 2.05) is 39.0 Å². The molecule has 2 N–H and O–H groups in total. The molecule has 1 aromatic carbocycles. The number of hydrogen-bond donors (Lipinski definition) is 1. The second-order valence-corrected chi connectivity index (χ2v) is 4.08. The summed E-state index contributed by atoms with van der Waals surface area (Å²) in [5.41, 5.74) is 7.28. The fourth-order valence-corrected chi connectivity index (χ4v) is 1.39. The largest absolute Gasteiger partial charge is 0.478 e. The van der Waals surface area contributed by atoms with Gasteiger partial charge in [0, 0.05) is 0 Å². The number of amidine groups is 1. The summed E-state index contributed by atoms with van der Waals surface area (Å²) in [6.45, 7) is 5.84. The number of aryl methyl sites for hydroxylation is 1. The quantitative estimate of drug-likeness (QED) is 0.681. The second kappa shape index (κ2) is 2.74. The number of hydrogen-bond acceptors (Lipinski definition) is 3. The molecule has 1 aliphatic rings. The highest BCUT2D eigenvalue weighted by Gasteiger charge is 2.29. The van der Waals surface area contributed by atoms with Crippen LogP contribution in [0.1, 0.15) is 19.4 Å². The molecule has 3 heteroatoms. The Morgan fingerprint density at radius 2 is 2.07 bits per heavy atom. The molecule has 0 saturated heterocycles. The molecule has 0 aliphatic carbocycles. The Morgan fingerprint density at radius 3 is 2.79 bits per heavy atom. The normalized spacial score (nSPS) is 18.1. The molecule has 0 spiro atoms. The Balaban J connectivity index is 2.54. The predicted octanol–water partition coefficient (Wildman–Crippen LogP) is 2.15. The van der Waals surface area contributed by atoms with Crippen molar-refractivity contribution in [2.75, 3.05) is 0 Å². The molecular weight excluding hydrogens is 176 g/mol. The molecule has 0 fully saturated rings. The van der Waals surface area contributed by atoms with Gasteiger partial charge in [0.1, 0.15) is 17.3 Å². The molecule has 0 aromatic heterocycles. The number of fused-ring (bicyclic) bond motifs is 1. The molecule has 0 bridgehead atoms. The van der Waals surface area contributed by atoms with Gasteiger partial charge >= 0.3 is 0 Å². The molecule has 14 heavy (non-hydrogen) atoms. The Kier molecular flexibility index (Phi) is 1.77. The molecule has 1 aromatic rings. The van der Waals surface area contributed by atoms with Crippen molar-refractivity contribution < 1.29 is 4.74 Å². The van der Waals surface area contributed by atoms with Crippen LogP contribution < -0.4 is 10.5 Å². The van der Waals surface area contributed by atoms with E-state index in [-0.39, 0.29) is 0 Å². The highest BCUT2D eigenvalue weighted by atomic mass is 16.5. The molecule has 1 aliphatic heterocycles. The van der Waals surface area contributed by atoms with Crippen molar-refractivity contribution in [1.29, 1.82) is 0 Å². The predicted molar refractivity (Wildman–Crippen MR) is 57.2 cm³/mol. The van der Waals surface area contributed by atoms with Gasteiger partial charge in [0.25, 0.3) is 0 Å². The Labute approximate surface area is 83.6 Å². The van der Waals surface area contributed by atoms with Crippen molar-refractivity contribution in [2.45, 2.75) is 26.4 Å². The Morgan fingerprint density at radius 1 is 1.36 bits per heavy atom. The molecule has 2 rings (SSSR count). The lowest BCUT2D eigenvalue weighted by atomic mass is 10.1. The maximum Gasteiger partial charge on any atom is 0.160 e. The average Bonchev–Trinajstić information content (AvgIpc) is 2.08. The summed E-state index contributed by atoms with van der Waals surface area (Å²) in [4.78, 5) is 4.33. The van der Waals surface area contributed by atoms with E-state index in [4.69, 9.17) is 10.5 Å². The fourth-order valence-electron chi connectivity index (χ4n) is 1.39. The number of nitrogens with two attached hydrogens (primary N) is 1. The summed E-state index contributed by atoms with van der Waals surface area (Å²) in [6.07, 6.45) is 0. The van der Waals surface area contributed by atoms with E-state index in [0.717, 1.165) is 17.0 Å². The molecule has 74 valence electrons. The minimum atomic E-state index is -0.498. The van der Waals surface area contributed by atoms with Gasteiger partial charge in [-0.3, -0.25) is 0 Å². The maximum atomic E-state index is 5.80. The zero-order valence-electron chi connectivity index (χ0n) is 8.66.